The molecule has 286 valence electrons. The fourth-order valence-electron chi connectivity index (χ4n) is 5.64. The number of hydrogen-bond acceptors (Lipinski definition) is 8. The van der Waals surface area contributed by atoms with Gasteiger partial charge in [-0.2, -0.15) is 0 Å². The second-order valence-corrected chi connectivity index (χ2v) is 14.9. The third-order valence-corrected chi connectivity index (χ3v) is 8.18. The van der Waals surface area contributed by atoms with Crippen LogP contribution in [0, 0.1) is 0 Å². The van der Waals surface area contributed by atoms with Crippen molar-refractivity contribution in [1.82, 2.24) is 0 Å². The molecular weight excluding hydrogens is 684 g/mol. The minimum absolute atomic E-state index is 0.0751. The van der Waals surface area contributed by atoms with Crippen molar-refractivity contribution in [2.24, 2.45) is 0 Å². The Balaban J connectivity index is 1.23. The van der Waals surface area contributed by atoms with Gasteiger partial charge in [-0.3, -0.25) is 20.2 Å². The molecule has 2 N–H and O–H groups in total. The van der Waals surface area contributed by atoms with Crippen molar-refractivity contribution in [2.75, 3.05) is 10.6 Å². The third kappa shape index (κ3) is 14.4. The van der Waals surface area contributed by atoms with E-state index < -0.39 is 35.3 Å². The van der Waals surface area contributed by atoms with Gasteiger partial charge in [0.25, 0.3) is 0 Å². The van der Waals surface area contributed by atoms with Crippen LogP contribution in [0.15, 0.2) is 97.1 Å². The molecule has 54 heavy (non-hydrogen) atoms. The average molecular weight is 737 g/mol. The molecule has 0 radical (unpaired) electrons. The summed E-state index contributed by atoms with van der Waals surface area (Å²) in [6.45, 7) is 11.0. The topological polar surface area (TPSA) is 129 Å². The number of aryl methyl sites for hydroxylation is 4. The summed E-state index contributed by atoms with van der Waals surface area (Å²) in [5.74, 6) is -0.986. The van der Waals surface area contributed by atoms with E-state index >= 15 is 0 Å². The molecule has 0 aliphatic carbocycles. The number of anilines is 2. The minimum Gasteiger partial charge on any atom is -0.461 e. The SMILES string of the molecule is CC(C)(C)OC(=O)Nc1ccccc1CCc1ccccc1COC(=O)CCC(=O)OCc1ccccc1CCc1ccccc1NC(=O)OC(C)(C)C. The van der Waals surface area contributed by atoms with Crippen LogP contribution >= 0.6 is 0 Å². The zero-order valence-corrected chi connectivity index (χ0v) is 32.2. The number of para-hydroxylation sites is 2. The standard InChI is InChI=1S/C44H52N2O8/c1-43(2,3)53-41(49)45-37-21-13-11-17-33(37)25-23-31-15-7-9-19-35(31)29-51-39(47)27-28-40(48)52-30-36-20-10-8-16-32(36)24-26-34-18-12-14-22-38(34)46-42(50)54-44(4,5)6/h7-22H,23-30H2,1-6H3,(H,45,49)(H,46,50). The van der Waals surface area contributed by atoms with Gasteiger partial charge in [0.15, 0.2) is 0 Å². The summed E-state index contributed by atoms with van der Waals surface area (Å²) in [7, 11) is 0. The van der Waals surface area contributed by atoms with Crippen molar-refractivity contribution < 1.29 is 38.1 Å². The molecule has 0 spiro atoms. The van der Waals surface area contributed by atoms with Gasteiger partial charge in [-0.15, -0.1) is 0 Å². The van der Waals surface area contributed by atoms with Crippen LogP contribution in [-0.4, -0.2) is 35.3 Å². The van der Waals surface area contributed by atoms with Crippen LogP contribution in [0.2, 0.25) is 0 Å². The van der Waals surface area contributed by atoms with Gasteiger partial charge in [-0.1, -0.05) is 84.9 Å². The molecular formula is C44H52N2O8. The highest BCUT2D eigenvalue weighted by Gasteiger charge is 2.19. The first-order valence-electron chi connectivity index (χ1n) is 18.3. The van der Waals surface area contributed by atoms with E-state index in [-0.39, 0.29) is 26.1 Å². The average Bonchev–Trinajstić information content (AvgIpc) is 3.10. The van der Waals surface area contributed by atoms with Crippen molar-refractivity contribution in [3.63, 3.8) is 0 Å². The van der Waals surface area contributed by atoms with E-state index in [1.165, 1.54) is 0 Å². The molecule has 0 heterocycles. The van der Waals surface area contributed by atoms with Crippen LogP contribution in [0.25, 0.3) is 0 Å². The summed E-state index contributed by atoms with van der Waals surface area (Å²) in [5, 5.41) is 5.68. The van der Waals surface area contributed by atoms with E-state index in [0.29, 0.717) is 37.1 Å². The lowest BCUT2D eigenvalue weighted by Crippen LogP contribution is -2.27. The van der Waals surface area contributed by atoms with E-state index in [4.69, 9.17) is 18.9 Å². The molecule has 0 bridgehead atoms. The summed E-state index contributed by atoms with van der Waals surface area (Å²) in [5.41, 5.74) is 5.81. The predicted octanol–water partition coefficient (Wildman–Crippen LogP) is 9.52. The van der Waals surface area contributed by atoms with Crippen molar-refractivity contribution >= 4 is 35.5 Å². The number of nitrogens with one attached hydrogen (secondary N) is 2. The smallest absolute Gasteiger partial charge is 0.412 e. The van der Waals surface area contributed by atoms with Crippen molar-refractivity contribution in [3.05, 3.63) is 130 Å². The van der Waals surface area contributed by atoms with Gasteiger partial charge in [0.05, 0.1) is 12.8 Å². The highest BCUT2D eigenvalue weighted by atomic mass is 16.6. The van der Waals surface area contributed by atoms with Crippen molar-refractivity contribution in [1.29, 1.82) is 0 Å². The van der Waals surface area contributed by atoms with Crippen LogP contribution < -0.4 is 10.6 Å². The van der Waals surface area contributed by atoms with Gasteiger partial charge in [-0.05, 0) is 113 Å². The van der Waals surface area contributed by atoms with Gasteiger partial charge in [0.2, 0.25) is 0 Å². The monoisotopic (exact) mass is 736 g/mol. The molecule has 0 aromatic heterocycles. The maximum Gasteiger partial charge on any atom is 0.412 e. The van der Waals surface area contributed by atoms with Gasteiger partial charge in [0.1, 0.15) is 24.4 Å². The normalized spacial score (nSPS) is 11.3. The quantitative estimate of drug-likeness (QED) is 0.0912. The molecule has 0 saturated heterocycles. The molecule has 10 heteroatoms. The predicted molar refractivity (Wildman–Crippen MR) is 209 cm³/mol. The summed E-state index contributed by atoms with van der Waals surface area (Å²) in [6.07, 6.45) is 1.37. The number of carbonyl (C=O) groups is 4. The van der Waals surface area contributed by atoms with E-state index in [1.54, 1.807) is 0 Å². The molecule has 10 nitrogen and oxygen atoms in total. The first-order chi connectivity index (χ1) is 25.6. The Hall–Kier alpha value is -5.64. The minimum atomic E-state index is -0.608. The summed E-state index contributed by atoms with van der Waals surface area (Å²) >= 11 is 0. The lowest BCUT2D eigenvalue weighted by molar-refractivity contribution is -0.151. The van der Waals surface area contributed by atoms with Crippen LogP contribution in [0.1, 0.15) is 87.8 Å². The van der Waals surface area contributed by atoms with Gasteiger partial charge in [0, 0.05) is 11.4 Å². The molecule has 4 aromatic carbocycles. The van der Waals surface area contributed by atoms with Gasteiger partial charge < -0.3 is 18.9 Å². The Morgan fingerprint density at radius 2 is 0.741 bits per heavy atom. The number of rotatable bonds is 15. The Bertz CT molecular complexity index is 1750. The number of amides is 2. The molecule has 4 rings (SSSR count). The van der Waals surface area contributed by atoms with E-state index in [2.05, 4.69) is 10.6 Å². The fraction of sp³-hybridized carbons (Fsp3) is 0.364. The van der Waals surface area contributed by atoms with Crippen LogP contribution in [0.3, 0.4) is 0 Å². The molecule has 0 atom stereocenters. The Kier molecular flexibility index (Phi) is 14.8. The molecule has 0 unspecified atom stereocenters. The summed E-state index contributed by atoms with van der Waals surface area (Å²) in [4.78, 5) is 50.1. The van der Waals surface area contributed by atoms with Crippen LogP contribution in [0.4, 0.5) is 21.0 Å². The summed E-state index contributed by atoms with van der Waals surface area (Å²) < 4.78 is 21.9. The van der Waals surface area contributed by atoms with Gasteiger partial charge in [-0.25, -0.2) is 9.59 Å². The lowest BCUT2D eigenvalue weighted by atomic mass is 9.99. The maximum atomic E-state index is 12.7. The molecule has 0 fully saturated rings. The highest BCUT2D eigenvalue weighted by molar-refractivity contribution is 5.86. The second-order valence-electron chi connectivity index (χ2n) is 14.9. The Morgan fingerprint density at radius 1 is 0.444 bits per heavy atom. The van der Waals surface area contributed by atoms with E-state index in [1.807, 2.05) is 139 Å². The number of esters is 2. The number of benzene rings is 4. The Labute approximate surface area is 318 Å². The zero-order chi connectivity index (χ0) is 39.1. The number of hydrogen-bond donors (Lipinski definition) is 2. The zero-order valence-electron chi connectivity index (χ0n) is 32.2. The Morgan fingerprint density at radius 3 is 1.09 bits per heavy atom. The van der Waals surface area contributed by atoms with E-state index in [9.17, 15) is 19.2 Å². The lowest BCUT2D eigenvalue weighted by Gasteiger charge is -2.20. The van der Waals surface area contributed by atoms with Crippen LogP contribution in [0.5, 0.6) is 0 Å². The molecule has 0 aliphatic heterocycles. The number of ether oxygens (including phenoxy) is 4. The van der Waals surface area contributed by atoms with Crippen molar-refractivity contribution in [3.8, 4) is 0 Å². The molecule has 0 saturated carbocycles. The van der Waals surface area contributed by atoms with Crippen LogP contribution in [-0.2, 0) is 67.4 Å². The molecule has 2 amide bonds. The fourth-order valence-corrected chi connectivity index (χ4v) is 5.64. The first kappa shape index (κ1) is 41.1. The molecule has 0 aliphatic rings. The first-order valence-corrected chi connectivity index (χ1v) is 18.3. The summed E-state index contributed by atoms with van der Waals surface area (Å²) in [6, 6.07) is 30.6. The largest absolute Gasteiger partial charge is 0.461 e. The van der Waals surface area contributed by atoms with Gasteiger partial charge >= 0.3 is 24.1 Å². The van der Waals surface area contributed by atoms with E-state index in [0.717, 1.165) is 33.4 Å². The number of carbonyl (C=O) groups excluding carboxylic acids is 4. The van der Waals surface area contributed by atoms with Crippen molar-refractivity contribution in [2.45, 2.75) is 104 Å². The molecule has 4 aromatic rings. The highest BCUT2D eigenvalue weighted by Crippen LogP contribution is 2.23. The second kappa shape index (κ2) is 19.4. The maximum absolute atomic E-state index is 12.7. The third-order valence-electron chi connectivity index (χ3n) is 8.18.